The molecule has 1 saturated carbocycles. The largest absolute Gasteiger partial charge is 0.299 e. The van der Waals surface area contributed by atoms with Crippen molar-refractivity contribution in [2.45, 2.75) is 50.5 Å². The lowest BCUT2D eigenvalue weighted by molar-refractivity contribution is 0.0501. The molecule has 0 aromatic heterocycles. The molecule has 1 aliphatic carbocycles. The molecule has 2 heterocycles. The molecule has 96 valence electrons. The lowest BCUT2D eigenvalue weighted by atomic mass is 9.70. The summed E-state index contributed by atoms with van der Waals surface area (Å²) in [4.78, 5) is 2.83. The summed E-state index contributed by atoms with van der Waals surface area (Å²) in [5.74, 6) is 1.83. The summed E-state index contributed by atoms with van der Waals surface area (Å²) < 4.78 is 0. The van der Waals surface area contributed by atoms with Crippen LogP contribution in [0.1, 0.15) is 49.1 Å². The number of benzene rings is 1. The fourth-order valence-corrected chi connectivity index (χ4v) is 4.83. The molecule has 0 spiro atoms. The molecule has 0 bridgehead atoms. The maximum Gasteiger partial charge on any atom is 0.0192 e. The van der Waals surface area contributed by atoms with Crippen LogP contribution in [0.5, 0.6) is 0 Å². The van der Waals surface area contributed by atoms with E-state index in [9.17, 15) is 0 Å². The Morgan fingerprint density at radius 2 is 1.83 bits per heavy atom. The fraction of sp³-hybridized carbons (Fsp3) is 0.647. The van der Waals surface area contributed by atoms with Gasteiger partial charge in [0.15, 0.2) is 0 Å². The summed E-state index contributed by atoms with van der Waals surface area (Å²) in [5, 5.41) is 0. The van der Waals surface area contributed by atoms with Crippen LogP contribution >= 0.6 is 0 Å². The van der Waals surface area contributed by atoms with Crippen molar-refractivity contribution in [2.24, 2.45) is 5.92 Å². The molecular weight excluding hydrogens is 218 g/mol. The summed E-state index contributed by atoms with van der Waals surface area (Å²) in [6.07, 6.45) is 8.56. The topological polar surface area (TPSA) is 3.24 Å². The molecule has 2 unspecified atom stereocenters. The van der Waals surface area contributed by atoms with Crippen molar-refractivity contribution in [3.05, 3.63) is 35.4 Å². The van der Waals surface area contributed by atoms with Gasteiger partial charge in [0, 0.05) is 12.6 Å². The highest BCUT2D eigenvalue weighted by Gasteiger charge is 2.41. The highest BCUT2D eigenvalue weighted by atomic mass is 15.2. The van der Waals surface area contributed by atoms with Gasteiger partial charge in [-0.1, -0.05) is 30.7 Å². The van der Waals surface area contributed by atoms with E-state index in [0.717, 1.165) is 17.9 Å². The minimum Gasteiger partial charge on any atom is -0.299 e. The third-order valence-electron chi connectivity index (χ3n) is 5.55. The summed E-state index contributed by atoms with van der Waals surface area (Å²) in [5.41, 5.74) is 3.33. The van der Waals surface area contributed by atoms with E-state index in [2.05, 4.69) is 29.2 Å². The van der Waals surface area contributed by atoms with Gasteiger partial charge in [0.1, 0.15) is 0 Å². The molecule has 3 aliphatic rings. The third-order valence-corrected chi connectivity index (χ3v) is 5.55. The number of nitrogens with zero attached hydrogens (tertiary/aromatic N) is 1. The molecule has 2 fully saturated rings. The Balaban J connectivity index is 1.78. The van der Waals surface area contributed by atoms with E-state index in [1.165, 1.54) is 51.6 Å². The van der Waals surface area contributed by atoms with Gasteiger partial charge in [-0.2, -0.15) is 0 Å². The molecule has 18 heavy (non-hydrogen) atoms. The van der Waals surface area contributed by atoms with E-state index in [1.807, 2.05) is 0 Å². The Labute approximate surface area is 110 Å². The molecular formula is C17H23N. The van der Waals surface area contributed by atoms with Gasteiger partial charge in [0.2, 0.25) is 0 Å². The molecule has 0 radical (unpaired) electrons. The molecule has 1 saturated heterocycles. The quantitative estimate of drug-likeness (QED) is 0.671. The van der Waals surface area contributed by atoms with Crippen LogP contribution < -0.4 is 0 Å². The second-order valence-electron chi connectivity index (χ2n) is 6.42. The molecule has 1 heteroatoms. The molecule has 1 aromatic carbocycles. The molecule has 2 aliphatic heterocycles. The van der Waals surface area contributed by atoms with E-state index in [1.54, 1.807) is 11.1 Å². The van der Waals surface area contributed by atoms with E-state index in [-0.39, 0.29) is 0 Å². The Bertz CT molecular complexity index is 437. The Kier molecular flexibility index (Phi) is 2.69. The SMILES string of the molecule is c1ccc2c(c1)CCN1CCCC3CCCC2[C@H]31. The van der Waals surface area contributed by atoms with Crippen molar-refractivity contribution in [3.63, 3.8) is 0 Å². The smallest absolute Gasteiger partial charge is 0.0192 e. The van der Waals surface area contributed by atoms with Gasteiger partial charge < -0.3 is 0 Å². The average molecular weight is 241 g/mol. The first-order valence-corrected chi connectivity index (χ1v) is 7.75. The van der Waals surface area contributed by atoms with Crippen LogP contribution in [0.4, 0.5) is 0 Å². The van der Waals surface area contributed by atoms with E-state index in [0.29, 0.717) is 0 Å². The number of hydrogen-bond donors (Lipinski definition) is 0. The summed E-state index contributed by atoms with van der Waals surface area (Å²) in [7, 11) is 0. The van der Waals surface area contributed by atoms with Gasteiger partial charge in [0.25, 0.3) is 0 Å². The Morgan fingerprint density at radius 1 is 0.944 bits per heavy atom. The third kappa shape index (κ3) is 1.64. The Morgan fingerprint density at radius 3 is 2.83 bits per heavy atom. The number of piperidine rings is 1. The molecule has 3 atom stereocenters. The van der Waals surface area contributed by atoms with Crippen molar-refractivity contribution in [3.8, 4) is 0 Å². The molecule has 1 aromatic rings. The summed E-state index contributed by atoms with van der Waals surface area (Å²) >= 11 is 0. The lowest BCUT2D eigenvalue weighted by Gasteiger charge is -2.47. The summed E-state index contributed by atoms with van der Waals surface area (Å²) in [6.45, 7) is 2.65. The first-order chi connectivity index (χ1) is 8.93. The molecule has 4 rings (SSSR count). The van der Waals surface area contributed by atoms with Crippen LogP contribution in [0.3, 0.4) is 0 Å². The first-order valence-electron chi connectivity index (χ1n) is 7.75. The second kappa shape index (κ2) is 4.38. The van der Waals surface area contributed by atoms with Crippen molar-refractivity contribution >= 4 is 0 Å². The standard InChI is InChI=1S/C17H23N/c1-2-8-15-13(5-1)10-12-18-11-4-7-14-6-3-9-16(15)17(14)18/h1-2,5,8,14,16-17H,3-4,6-7,9-12H2/t14?,16?,17-/m0/s1. The monoisotopic (exact) mass is 241 g/mol. The van der Waals surface area contributed by atoms with Gasteiger partial charge in [-0.05, 0) is 61.6 Å². The first kappa shape index (κ1) is 11.0. The van der Waals surface area contributed by atoms with Crippen LogP contribution in [0.15, 0.2) is 24.3 Å². The van der Waals surface area contributed by atoms with Gasteiger partial charge in [-0.3, -0.25) is 4.90 Å². The maximum atomic E-state index is 2.83. The molecule has 1 nitrogen and oxygen atoms in total. The van der Waals surface area contributed by atoms with Crippen molar-refractivity contribution in [2.75, 3.05) is 13.1 Å². The zero-order valence-electron chi connectivity index (χ0n) is 11.1. The van der Waals surface area contributed by atoms with Crippen LogP contribution in [-0.2, 0) is 6.42 Å². The maximum absolute atomic E-state index is 2.83. The minimum atomic E-state index is 0.836. The highest BCUT2D eigenvalue weighted by Crippen LogP contribution is 2.45. The van der Waals surface area contributed by atoms with E-state index in [4.69, 9.17) is 0 Å². The number of rotatable bonds is 0. The van der Waals surface area contributed by atoms with Crippen molar-refractivity contribution in [1.29, 1.82) is 0 Å². The van der Waals surface area contributed by atoms with Gasteiger partial charge in [-0.15, -0.1) is 0 Å². The van der Waals surface area contributed by atoms with E-state index < -0.39 is 0 Å². The lowest BCUT2D eigenvalue weighted by Crippen LogP contribution is -2.49. The summed E-state index contributed by atoms with van der Waals surface area (Å²) in [6, 6.07) is 10.1. The second-order valence-corrected chi connectivity index (χ2v) is 6.42. The van der Waals surface area contributed by atoms with Crippen molar-refractivity contribution < 1.29 is 0 Å². The Hall–Kier alpha value is -0.820. The van der Waals surface area contributed by atoms with Gasteiger partial charge >= 0.3 is 0 Å². The predicted molar refractivity (Wildman–Crippen MR) is 74.8 cm³/mol. The molecule has 0 amide bonds. The van der Waals surface area contributed by atoms with Crippen LogP contribution in [-0.4, -0.2) is 24.0 Å². The minimum absolute atomic E-state index is 0.836. The van der Waals surface area contributed by atoms with Crippen LogP contribution in [0.2, 0.25) is 0 Å². The average Bonchev–Trinajstić information content (AvgIpc) is 2.60. The van der Waals surface area contributed by atoms with Crippen LogP contribution in [0, 0.1) is 5.92 Å². The number of hydrogen-bond acceptors (Lipinski definition) is 1. The predicted octanol–water partition coefficient (Wildman–Crippen LogP) is 3.59. The molecule has 0 N–H and O–H groups in total. The fourth-order valence-electron chi connectivity index (χ4n) is 4.83. The van der Waals surface area contributed by atoms with Crippen molar-refractivity contribution in [1.82, 2.24) is 4.90 Å². The highest BCUT2D eigenvalue weighted by molar-refractivity contribution is 5.34. The zero-order chi connectivity index (χ0) is 11.9. The number of fused-ring (bicyclic) bond motifs is 2. The zero-order valence-corrected chi connectivity index (χ0v) is 11.1. The van der Waals surface area contributed by atoms with Gasteiger partial charge in [-0.25, -0.2) is 0 Å². The normalized spacial score (nSPS) is 35.4. The van der Waals surface area contributed by atoms with Gasteiger partial charge in [0.05, 0.1) is 0 Å². The van der Waals surface area contributed by atoms with E-state index >= 15 is 0 Å². The van der Waals surface area contributed by atoms with Crippen LogP contribution in [0.25, 0.3) is 0 Å².